The highest BCUT2D eigenvalue weighted by molar-refractivity contribution is 5.31. The largest absolute Gasteiger partial charge is 0.393 e. The molecule has 0 saturated carbocycles. The average molecular weight is 250 g/mol. The molecule has 0 amide bonds. The van der Waals surface area contributed by atoms with E-state index in [0.717, 1.165) is 6.42 Å². The second kappa shape index (κ2) is 6.88. The summed E-state index contributed by atoms with van der Waals surface area (Å²) in [6, 6.07) is 6.85. The average Bonchev–Trinajstić information content (AvgIpc) is 2.29. The molecule has 3 unspecified atom stereocenters. The Labute approximate surface area is 110 Å². The van der Waals surface area contributed by atoms with E-state index in [4.69, 9.17) is 5.73 Å². The molecule has 0 radical (unpaired) electrons. The zero-order valence-corrected chi connectivity index (χ0v) is 11.9. The molecule has 1 aromatic carbocycles. The molecule has 102 valence electrons. The number of aliphatic hydroxyl groups excluding tert-OH is 1. The number of aliphatic hydroxyl groups is 1. The molecular formula is C15H26N2O. The van der Waals surface area contributed by atoms with Gasteiger partial charge >= 0.3 is 0 Å². The molecule has 0 spiro atoms. The molecule has 1 rings (SSSR count). The van der Waals surface area contributed by atoms with Crippen LogP contribution in [0.15, 0.2) is 18.2 Å². The predicted molar refractivity (Wildman–Crippen MR) is 76.6 cm³/mol. The molecule has 3 atom stereocenters. The number of hydrogen-bond acceptors (Lipinski definition) is 3. The van der Waals surface area contributed by atoms with Gasteiger partial charge in [0.2, 0.25) is 0 Å². The van der Waals surface area contributed by atoms with Crippen LogP contribution in [0.1, 0.15) is 43.0 Å². The van der Waals surface area contributed by atoms with Crippen LogP contribution in [0, 0.1) is 13.8 Å². The molecule has 1 aromatic rings. The standard InChI is InChI=1S/C15H26N2O/c1-10-5-6-14(7-11(10)2)15(9-16)17-12(3)8-13(4)18/h5-7,12-13,15,17-18H,8-9,16H2,1-4H3. The van der Waals surface area contributed by atoms with Gasteiger partial charge in [-0.3, -0.25) is 0 Å². The molecule has 18 heavy (non-hydrogen) atoms. The van der Waals surface area contributed by atoms with Crippen LogP contribution in [-0.4, -0.2) is 23.8 Å². The Kier molecular flexibility index (Phi) is 5.79. The van der Waals surface area contributed by atoms with Crippen LogP contribution >= 0.6 is 0 Å². The number of nitrogens with two attached hydrogens (primary N) is 1. The van der Waals surface area contributed by atoms with Crippen LogP contribution in [0.25, 0.3) is 0 Å². The van der Waals surface area contributed by atoms with E-state index in [2.05, 4.69) is 44.3 Å². The topological polar surface area (TPSA) is 58.3 Å². The number of nitrogens with one attached hydrogen (secondary N) is 1. The van der Waals surface area contributed by atoms with E-state index >= 15 is 0 Å². The van der Waals surface area contributed by atoms with Gasteiger partial charge in [-0.15, -0.1) is 0 Å². The maximum absolute atomic E-state index is 9.39. The first kappa shape index (κ1) is 15.2. The predicted octanol–water partition coefficient (Wildman–Crippen LogP) is 2.05. The van der Waals surface area contributed by atoms with Crippen LogP contribution in [0.3, 0.4) is 0 Å². The molecule has 0 aliphatic rings. The van der Waals surface area contributed by atoms with Gasteiger partial charge < -0.3 is 16.2 Å². The van der Waals surface area contributed by atoms with Gasteiger partial charge in [-0.25, -0.2) is 0 Å². The Morgan fingerprint density at radius 2 is 1.89 bits per heavy atom. The number of hydrogen-bond donors (Lipinski definition) is 3. The summed E-state index contributed by atoms with van der Waals surface area (Å²) in [6.45, 7) is 8.68. The Bertz CT molecular complexity index is 377. The Balaban J connectivity index is 2.73. The van der Waals surface area contributed by atoms with Crippen molar-refractivity contribution in [2.75, 3.05) is 6.54 Å². The van der Waals surface area contributed by atoms with Crippen molar-refractivity contribution >= 4 is 0 Å². The summed E-state index contributed by atoms with van der Waals surface area (Å²) in [6.07, 6.45) is 0.451. The number of benzene rings is 1. The number of aryl methyl sites for hydroxylation is 2. The summed E-state index contributed by atoms with van der Waals surface area (Å²) in [5.74, 6) is 0. The molecule has 0 saturated heterocycles. The summed E-state index contributed by atoms with van der Waals surface area (Å²) in [5, 5.41) is 12.9. The molecule has 0 aromatic heterocycles. The van der Waals surface area contributed by atoms with E-state index in [-0.39, 0.29) is 18.2 Å². The van der Waals surface area contributed by atoms with Crippen molar-refractivity contribution in [3.8, 4) is 0 Å². The lowest BCUT2D eigenvalue weighted by molar-refractivity contribution is 0.168. The zero-order valence-electron chi connectivity index (χ0n) is 11.9. The van der Waals surface area contributed by atoms with E-state index in [1.165, 1.54) is 16.7 Å². The zero-order chi connectivity index (χ0) is 13.7. The summed E-state index contributed by atoms with van der Waals surface area (Å²) in [4.78, 5) is 0. The fourth-order valence-corrected chi connectivity index (χ4v) is 2.20. The van der Waals surface area contributed by atoms with Crippen molar-refractivity contribution in [2.45, 2.75) is 52.3 Å². The molecular weight excluding hydrogens is 224 g/mol. The minimum atomic E-state index is -0.286. The molecule has 0 heterocycles. The minimum absolute atomic E-state index is 0.151. The Morgan fingerprint density at radius 3 is 2.39 bits per heavy atom. The van der Waals surface area contributed by atoms with Gasteiger partial charge in [-0.05, 0) is 50.8 Å². The Morgan fingerprint density at radius 1 is 1.22 bits per heavy atom. The fourth-order valence-electron chi connectivity index (χ4n) is 2.20. The van der Waals surface area contributed by atoms with Crippen molar-refractivity contribution in [1.82, 2.24) is 5.32 Å². The van der Waals surface area contributed by atoms with Crippen LogP contribution < -0.4 is 11.1 Å². The van der Waals surface area contributed by atoms with E-state index in [1.54, 1.807) is 0 Å². The van der Waals surface area contributed by atoms with Gasteiger partial charge in [-0.1, -0.05) is 18.2 Å². The van der Waals surface area contributed by atoms with Crippen molar-refractivity contribution in [3.05, 3.63) is 34.9 Å². The van der Waals surface area contributed by atoms with E-state index in [9.17, 15) is 5.11 Å². The van der Waals surface area contributed by atoms with Crippen molar-refractivity contribution in [2.24, 2.45) is 5.73 Å². The fraction of sp³-hybridized carbons (Fsp3) is 0.600. The van der Waals surface area contributed by atoms with Crippen molar-refractivity contribution < 1.29 is 5.11 Å². The summed E-state index contributed by atoms with van der Waals surface area (Å²) in [5.41, 5.74) is 9.65. The molecule has 3 heteroatoms. The van der Waals surface area contributed by atoms with Crippen LogP contribution in [0.5, 0.6) is 0 Å². The lowest BCUT2D eigenvalue weighted by Gasteiger charge is -2.24. The summed E-state index contributed by atoms with van der Waals surface area (Å²) < 4.78 is 0. The van der Waals surface area contributed by atoms with Crippen molar-refractivity contribution in [1.29, 1.82) is 0 Å². The van der Waals surface area contributed by atoms with Gasteiger partial charge in [0.05, 0.1) is 6.10 Å². The molecule has 0 fully saturated rings. The second-order valence-corrected chi connectivity index (χ2v) is 5.28. The van der Waals surface area contributed by atoms with E-state index in [0.29, 0.717) is 6.54 Å². The maximum atomic E-state index is 9.39. The quantitative estimate of drug-likeness (QED) is 0.724. The monoisotopic (exact) mass is 250 g/mol. The lowest BCUT2D eigenvalue weighted by atomic mass is 10.00. The molecule has 3 nitrogen and oxygen atoms in total. The van der Waals surface area contributed by atoms with Gasteiger partial charge in [0, 0.05) is 18.6 Å². The van der Waals surface area contributed by atoms with E-state index < -0.39 is 0 Å². The highest BCUT2D eigenvalue weighted by Crippen LogP contribution is 2.17. The Hall–Kier alpha value is -0.900. The third kappa shape index (κ3) is 4.41. The lowest BCUT2D eigenvalue weighted by Crippen LogP contribution is -2.36. The first-order valence-corrected chi connectivity index (χ1v) is 6.65. The normalized spacial score (nSPS) is 16.3. The van der Waals surface area contributed by atoms with Crippen molar-refractivity contribution in [3.63, 3.8) is 0 Å². The highest BCUT2D eigenvalue weighted by atomic mass is 16.3. The summed E-state index contributed by atoms with van der Waals surface area (Å²) >= 11 is 0. The second-order valence-electron chi connectivity index (χ2n) is 5.28. The van der Waals surface area contributed by atoms with Gasteiger partial charge in [0.25, 0.3) is 0 Å². The van der Waals surface area contributed by atoms with Crippen LogP contribution in [-0.2, 0) is 0 Å². The van der Waals surface area contributed by atoms with Crippen LogP contribution in [0.4, 0.5) is 0 Å². The van der Waals surface area contributed by atoms with Crippen LogP contribution in [0.2, 0.25) is 0 Å². The van der Waals surface area contributed by atoms with Gasteiger partial charge in [-0.2, -0.15) is 0 Å². The highest BCUT2D eigenvalue weighted by Gasteiger charge is 2.14. The first-order valence-electron chi connectivity index (χ1n) is 6.65. The summed E-state index contributed by atoms with van der Waals surface area (Å²) in [7, 11) is 0. The smallest absolute Gasteiger partial charge is 0.0526 e. The molecule has 4 N–H and O–H groups in total. The molecule has 0 aliphatic heterocycles. The van der Waals surface area contributed by atoms with Gasteiger partial charge in [0.15, 0.2) is 0 Å². The molecule has 0 bridgehead atoms. The number of rotatable bonds is 6. The first-order chi connectivity index (χ1) is 8.43. The van der Waals surface area contributed by atoms with E-state index in [1.807, 2.05) is 6.92 Å². The third-order valence-corrected chi connectivity index (χ3v) is 3.35. The molecule has 0 aliphatic carbocycles. The maximum Gasteiger partial charge on any atom is 0.0526 e. The SMILES string of the molecule is Cc1ccc(C(CN)NC(C)CC(C)O)cc1C. The van der Waals surface area contributed by atoms with Gasteiger partial charge in [0.1, 0.15) is 0 Å². The minimum Gasteiger partial charge on any atom is -0.393 e. The third-order valence-electron chi connectivity index (χ3n) is 3.35.